The summed E-state index contributed by atoms with van der Waals surface area (Å²) in [5, 5.41) is 32.8. The van der Waals surface area contributed by atoms with Crippen LogP contribution in [0, 0.1) is 6.92 Å². The van der Waals surface area contributed by atoms with Crippen molar-refractivity contribution in [2.75, 3.05) is 28.6 Å². The van der Waals surface area contributed by atoms with Gasteiger partial charge < -0.3 is 15.3 Å². The second-order valence-electron chi connectivity index (χ2n) is 8.92. The van der Waals surface area contributed by atoms with Gasteiger partial charge in [-0.3, -0.25) is 5.32 Å². The number of hydrogen-bond acceptors (Lipinski definition) is 12. The Morgan fingerprint density at radius 2 is 2.05 bits per heavy atom. The Balaban J connectivity index is 1.26. The third-order valence-corrected chi connectivity index (χ3v) is 8.30. The number of thiazole rings is 1. The highest BCUT2D eigenvalue weighted by atomic mass is 32.1. The van der Waals surface area contributed by atoms with Gasteiger partial charge in [0.2, 0.25) is 11.8 Å². The van der Waals surface area contributed by atoms with E-state index in [1.54, 1.807) is 18.3 Å². The number of nitrogens with one attached hydrogen (secondary N) is 3. The molecule has 0 amide bonds. The fraction of sp³-hybridized carbons (Fsp3) is 0.240. The number of aromatic nitrogens is 7. The summed E-state index contributed by atoms with van der Waals surface area (Å²) >= 11 is 2.80. The number of aromatic amines is 1. The smallest absolute Gasteiger partial charge is 0.347 e. The summed E-state index contributed by atoms with van der Waals surface area (Å²) in [6, 6.07) is 12.2. The predicted molar refractivity (Wildman–Crippen MR) is 150 cm³/mol. The van der Waals surface area contributed by atoms with Crippen LogP contribution in [0.2, 0.25) is 0 Å². The molecule has 5 heterocycles. The van der Waals surface area contributed by atoms with Crippen LogP contribution in [0.15, 0.2) is 41.8 Å². The molecule has 1 aliphatic heterocycles. The number of carboxylic acids is 1. The maximum atomic E-state index is 11.5. The zero-order valence-electron chi connectivity index (χ0n) is 20.9. The standard InChI is InChI=1S/C25H24N10O2S2/c1-14-19(23(36)37)39-25(27-14)30-24-28-21(26-10-8-17-3-2-12-38-17)18-9-11-35(22(18)29-24)13-15-4-6-16(7-5-15)20-31-33-34-32-20/h2-7,12H,8-11,13H2,1H3,(H,36,37)(H,31,32,33,34)(H2,26,27,28,29,30). The van der Waals surface area contributed by atoms with Crippen LogP contribution in [0.3, 0.4) is 0 Å². The highest BCUT2D eigenvalue weighted by Crippen LogP contribution is 2.35. The number of anilines is 4. The monoisotopic (exact) mass is 560 g/mol. The number of rotatable bonds is 10. The first-order valence-corrected chi connectivity index (χ1v) is 14.0. The van der Waals surface area contributed by atoms with Crippen molar-refractivity contribution < 1.29 is 9.90 Å². The Hall–Kier alpha value is -4.43. The first-order chi connectivity index (χ1) is 19.0. The van der Waals surface area contributed by atoms with Gasteiger partial charge in [-0.1, -0.05) is 41.7 Å². The maximum Gasteiger partial charge on any atom is 0.347 e. The van der Waals surface area contributed by atoms with E-state index in [-0.39, 0.29) is 4.88 Å². The van der Waals surface area contributed by atoms with Gasteiger partial charge >= 0.3 is 5.97 Å². The molecule has 0 spiro atoms. The summed E-state index contributed by atoms with van der Waals surface area (Å²) in [6.07, 6.45) is 1.71. The van der Waals surface area contributed by atoms with Crippen LogP contribution in [0.1, 0.15) is 31.4 Å². The van der Waals surface area contributed by atoms with Gasteiger partial charge in [-0.2, -0.15) is 15.2 Å². The lowest BCUT2D eigenvalue weighted by Gasteiger charge is -2.20. The first-order valence-electron chi connectivity index (χ1n) is 12.3. The fourth-order valence-corrected chi connectivity index (χ4v) is 5.95. The summed E-state index contributed by atoms with van der Waals surface area (Å²) in [7, 11) is 0. The fourth-order valence-electron chi connectivity index (χ4n) is 4.44. The number of hydrogen-bond donors (Lipinski definition) is 4. The predicted octanol–water partition coefficient (Wildman–Crippen LogP) is 4.14. The number of carbonyl (C=O) groups is 1. The molecule has 0 saturated carbocycles. The molecule has 0 atom stereocenters. The molecular weight excluding hydrogens is 536 g/mol. The molecule has 1 aliphatic rings. The number of thiophene rings is 1. The Bertz CT molecular complexity index is 1580. The zero-order chi connectivity index (χ0) is 26.8. The van der Waals surface area contributed by atoms with Crippen molar-refractivity contribution in [3.8, 4) is 11.4 Å². The SMILES string of the molecule is Cc1nc(Nc2nc(NCCc3cccs3)c3c(n2)N(Cc2ccc(-c4nn[nH]n4)cc2)CC3)sc1C(=O)O. The van der Waals surface area contributed by atoms with E-state index in [0.29, 0.717) is 29.1 Å². The van der Waals surface area contributed by atoms with Gasteiger partial charge in [0.1, 0.15) is 16.5 Å². The lowest BCUT2D eigenvalue weighted by atomic mass is 10.1. The van der Waals surface area contributed by atoms with E-state index in [1.165, 1.54) is 4.88 Å². The van der Waals surface area contributed by atoms with E-state index in [0.717, 1.165) is 65.6 Å². The number of benzene rings is 1. The summed E-state index contributed by atoms with van der Waals surface area (Å²) < 4.78 is 0. The summed E-state index contributed by atoms with van der Waals surface area (Å²) in [5.74, 6) is 1.55. The molecule has 6 rings (SSSR count). The van der Waals surface area contributed by atoms with E-state index >= 15 is 0 Å². The Morgan fingerprint density at radius 3 is 2.77 bits per heavy atom. The van der Waals surface area contributed by atoms with Crippen molar-refractivity contribution >= 4 is 51.4 Å². The molecule has 0 bridgehead atoms. The van der Waals surface area contributed by atoms with Crippen molar-refractivity contribution in [3.63, 3.8) is 0 Å². The zero-order valence-corrected chi connectivity index (χ0v) is 22.5. The van der Waals surface area contributed by atoms with E-state index < -0.39 is 5.97 Å². The molecule has 0 aliphatic carbocycles. The van der Waals surface area contributed by atoms with Crippen molar-refractivity contribution in [2.24, 2.45) is 0 Å². The summed E-state index contributed by atoms with van der Waals surface area (Å²) in [6.45, 7) is 3.89. The Labute approximate surface area is 231 Å². The van der Waals surface area contributed by atoms with Crippen LogP contribution >= 0.6 is 22.7 Å². The van der Waals surface area contributed by atoms with Crippen LogP contribution in [-0.4, -0.2) is 59.7 Å². The highest BCUT2D eigenvalue weighted by molar-refractivity contribution is 7.17. The van der Waals surface area contributed by atoms with Crippen molar-refractivity contribution in [3.05, 3.63) is 68.4 Å². The first kappa shape index (κ1) is 24.9. The minimum Gasteiger partial charge on any atom is -0.477 e. The van der Waals surface area contributed by atoms with Crippen LogP contribution in [0.5, 0.6) is 0 Å². The number of H-pyrrole nitrogens is 1. The van der Waals surface area contributed by atoms with E-state index in [9.17, 15) is 9.90 Å². The molecule has 1 aromatic carbocycles. The lowest BCUT2D eigenvalue weighted by Crippen LogP contribution is -2.21. The number of carboxylic acid groups (broad SMARTS) is 1. The second-order valence-corrected chi connectivity index (χ2v) is 11.0. The number of fused-ring (bicyclic) bond motifs is 1. The average Bonchev–Trinajstić information content (AvgIpc) is 3.74. The minimum absolute atomic E-state index is 0.193. The molecule has 5 aromatic rings. The van der Waals surface area contributed by atoms with Crippen molar-refractivity contribution in [1.82, 2.24) is 35.6 Å². The molecule has 0 radical (unpaired) electrons. The van der Waals surface area contributed by atoms with Crippen LogP contribution in [0.4, 0.5) is 22.7 Å². The van der Waals surface area contributed by atoms with Gasteiger partial charge in [-0.25, -0.2) is 9.78 Å². The number of aryl methyl sites for hydroxylation is 1. The number of tetrazole rings is 1. The summed E-state index contributed by atoms with van der Waals surface area (Å²) in [5.41, 5.74) is 3.53. The third-order valence-electron chi connectivity index (χ3n) is 6.30. The molecule has 198 valence electrons. The molecule has 0 fully saturated rings. The van der Waals surface area contributed by atoms with Crippen molar-refractivity contribution in [2.45, 2.75) is 26.3 Å². The van der Waals surface area contributed by atoms with E-state index in [1.807, 2.05) is 12.1 Å². The molecular formula is C25H24N10O2S2. The Morgan fingerprint density at radius 1 is 1.18 bits per heavy atom. The largest absolute Gasteiger partial charge is 0.477 e. The molecule has 12 nitrogen and oxygen atoms in total. The third kappa shape index (κ3) is 5.42. The van der Waals surface area contributed by atoms with Gasteiger partial charge in [0.05, 0.1) is 5.69 Å². The molecule has 0 saturated heterocycles. The van der Waals surface area contributed by atoms with Gasteiger partial charge in [-0.15, -0.1) is 21.5 Å². The molecule has 4 aromatic heterocycles. The normalized spacial score (nSPS) is 12.5. The maximum absolute atomic E-state index is 11.5. The van der Waals surface area contributed by atoms with Gasteiger partial charge in [0.15, 0.2) is 5.13 Å². The molecule has 0 unspecified atom stereocenters. The van der Waals surface area contributed by atoms with Crippen LogP contribution in [-0.2, 0) is 19.4 Å². The van der Waals surface area contributed by atoms with Gasteiger partial charge in [0, 0.05) is 35.6 Å². The van der Waals surface area contributed by atoms with Gasteiger partial charge in [-0.05, 0) is 42.0 Å². The lowest BCUT2D eigenvalue weighted by molar-refractivity contribution is 0.0701. The second kappa shape index (κ2) is 10.7. The quantitative estimate of drug-likeness (QED) is 0.194. The minimum atomic E-state index is -1.000. The molecule has 4 N–H and O–H groups in total. The molecule has 14 heteroatoms. The average molecular weight is 561 g/mol. The Kier molecular flexibility index (Phi) is 6.85. The molecule has 39 heavy (non-hydrogen) atoms. The van der Waals surface area contributed by atoms with Crippen LogP contribution < -0.4 is 15.5 Å². The van der Waals surface area contributed by atoms with E-state index in [2.05, 4.69) is 70.8 Å². The van der Waals surface area contributed by atoms with E-state index in [4.69, 9.17) is 9.97 Å². The topological polar surface area (TPSA) is 158 Å². The highest BCUT2D eigenvalue weighted by Gasteiger charge is 2.26. The van der Waals surface area contributed by atoms with Crippen molar-refractivity contribution in [1.29, 1.82) is 0 Å². The number of nitrogens with zero attached hydrogens (tertiary/aromatic N) is 7. The number of aromatic carboxylic acids is 1. The van der Waals surface area contributed by atoms with Crippen LogP contribution in [0.25, 0.3) is 11.4 Å². The van der Waals surface area contributed by atoms with Gasteiger partial charge in [0.25, 0.3) is 0 Å². The summed E-state index contributed by atoms with van der Waals surface area (Å²) in [4.78, 5) is 29.2.